The van der Waals surface area contributed by atoms with E-state index in [0.717, 1.165) is 6.07 Å². The van der Waals surface area contributed by atoms with Gasteiger partial charge < -0.3 is 31.5 Å². The third-order valence-corrected chi connectivity index (χ3v) is 8.24. The number of nitrogens with two attached hydrogens (primary N) is 1. The highest BCUT2D eigenvalue weighted by Crippen LogP contribution is 2.52. The van der Waals surface area contributed by atoms with Crippen LogP contribution in [-0.4, -0.2) is 99.0 Å². The van der Waals surface area contributed by atoms with Crippen LogP contribution in [-0.2, 0) is 27.3 Å². The number of primary amides is 1. The number of hydrogen-bond acceptors (Lipinski definition) is 10. The standard InChI is InChI=1S/C26H29FN4O8/c1-30(2)20-13-6-10-5-12-17(14(32)7-11(19(12)27)8-31-4-3-29-15(33)9-31)21(34)16(10)23(36)26(13,39)24(37)18(22(20)35)25(28)38/h7,10,13,20,32,35-36,39H,3-6,8-9H2,1-2H3,(H2,28,38)(H,29,33)/t10-,13-,20-,26-/m0/s1. The number of carbonyl (C=O) groups is 4. The molecule has 1 aromatic rings. The molecular weight excluding hydrogens is 515 g/mol. The van der Waals surface area contributed by atoms with Gasteiger partial charge >= 0.3 is 0 Å². The van der Waals surface area contributed by atoms with E-state index in [-0.39, 0.29) is 48.5 Å². The molecule has 1 fully saturated rings. The number of benzene rings is 1. The lowest BCUT2D eigenvalue weighted by Crippen LogP contribution is -2.63. The molecule has 2 amide bonds. The molecular formula is C26H29FN4O8. The van der Waals surface area contributed by atoms with Crippen molar-refractivity contribution in [1.29, 1.82) is 0 Å². The van der Waals surface area contributed by atoms with Crippen molar-refractivity contribution in [3.63, 3.8) is 0 Å². The summed E-state index contributed by atoms with van der Waals surface area (Å²) in [6.45, 7) is 0.918. The van der Waals surface area contributed by atoms with Crippen LogP contribution in [0.15, 0.2) is 28.7 Å². The van der Waals surface area contributed by atoms with Crippen molar-refractivity contribution in [1.82, 2.24) is 15.1 Å². The molecule has 0 saturated carbocycles. The number of nitrogens with one attached hydrogen (secondary N) is 1. The van der Waals surface area contributed by atoms with Gasteiger partial charge in [0.15, 0.2) is 11.4 Å². The highest BCUT2D eigenvalue weighted by Gasteiger charge is 2.63. The summed E-state index contributed by atoms with van der Waals surface area (Å²) in [5.74, 6) is -8.86. The Bertz CT molecular complexity index is 1400. The first kappa shape index (κ1) is 26.8. The van der Waals surface area contributed by atoms with Crippen LogP contribution in [0.25, 0.3) is 0 Å². The van der Waals surface area contributed by atoms with Crippen molar-refractivity contribution in [2.45, 2.75) is 31.0 Å². The van der Waals surface area contributed by atoms with E-state index in [2.05, 4.69) is 5.32 Å². The number of halogens is 1. The second kappa shape index (κ2) is 9.14. The summed E-state index contributed by atoms with van der Waals surface area (Å²) in [4.78, 5) is 53.8. The number of piperazine rings is 1. The third-order valence-electron chi connectivity index (χ3n) is 8.24. The van der Waals surface area contributed by atoms with Gasteiger partial charge in [-0.1, -0.05) is 0 Å². The minimum Gasteiger partial charge on any atom is -0.510 e. The number of aliphatic hydroxyl groups excluding tert-OH is 2. The van der Waals surface area contributed by atoms with Gasteiger partial charge in [-0.3, -0.25) is 29.0 Å². The second-order valence-corrected chi connectivity index (χ2v) is 10.7. The molecule has 12 nitrogen and oxygen atoms in total. The number of hydrogen-bond donors (Lipinski definition) is 6. The number of phenols is 1. The zero-order valence-electron chi connectivity index (χ0n) is 21.3. The smallest absolute Gasteiger partial charge is 0.255 e. The minimum atomic E-state index is -2.76. The van der Waals surface area contributed by atoms with Crippen molar-refractivity contribution in [2.24, 2.45) is 17.6 Å². The number of ketones is 2. The van der Waals surface area contributed by atoms with Gasteiger partial charge in [-0.2, -0.15) is 0 Å². The maximum Gasteiger partial charge on any atom is 0.255 e. The monoisotopic (exact) mass is 544 g/mol. The van der Waals surface area contributed by atoms with E-state index in [1.54, 1.807) is 4.90 Å². The molecule has 4 atom stereocenters. The minimum absolute atomic E-state index is 0.0149. The predicted molar refractivity (Wildman–Crippen MR) is 132 cm³/mol. The SMILES string of the molecule is CN(C)[C@@H]1C(O)=C(C(N)=O)C(=O)[C@@]2(O)C(O)=C3C(=O)c4c(O)cc(CN5CCNC(=O)C5)c(F)c4C[C@H]3C[C@@H]12. The topological polar surface area (TPSA) is 194 Å². The quantitative estimate of drug-likeness (QED) is 0.261. The molecule has 7 N–H and O–H groups in total. The van der Waals surface area contributed by atoms with Crippen LogP contribution in [0, 0.1) is 17.7 Å². The Morgan fingerprint density at radius 3 is 2.56 bits per heavy atom. The van der Waals surface area contributed by atoms with E-state index in [1.165, 1.54) is 19.0 Å². The van der Waals surface area contributed by atoms with Gasteiger partial charge in [0.25, 0.3) is 5.91 Å². The van der Waals surface area contributed by atoms with Gasteiger partial charge in [0.1, 0.15) is 28.7 Å². The molecule has 0 unspecified atom stereocenters. The number of amides is 2. The summed E-state index contributed by atoms with van der Waals surface area (Å²) in [7, 11) is 3.05. The number of aliphatic hydroxyl groups is 3. The Labute approximate surface area is 222 Å². The van der Waals surface area contributed by atoms with Crippen LogP contribution in [0.5, 0.6) is 5.75 Å². The number of carbonyl (C=O) groups excluding carboxylic acids is 4. The number of Topliss-reactive ketones (excluding diaryl/α,β-unsaturated/α-hetero) is 2. The Morgan fingerprint density at radius 1 is 1.26 bits per heavy atom. The average molecular weight is 545 g/mol. The number of phenolic OH excluding ortho intramolecular Hbond substituents is 1. The summed E-state index contributed by atoms with van der Waals surface area (Å²) < 4.78 is 15.8. The lowest BCUT2D eigenvalue weighted by Gasteiger charge is -2.50. The van der Waals surface area contributed by atoms with Gasteiger partial charge in [-0.05, 0) is 38.9 Å². The Morgan fingerprint density at radius 2 is 1.95 bits per heavy atom. The molecule has 0 radical (unpaired) electrons. The van der Waals surface area contributed by atoms with Gasteiger partial charge in [0.05, 0.1) is 18.2 Å². The molecule has 0 spiro atoms. The van der Waals surface area contributed by atoms with E-state index in [9.17, 15) is 39.6 Å². The van der Waals surface area contributed by atoms with Crippen LogP contribution in [0.4, 0.5) is 4.39 Å². The number of fused-ring (bicyclic) bond motifs is 3. The maximum atomic E-state index is 15.8. The molecule has 1 heterocycles. The zero-order valence-corrected chi connectivity index (χ0v) is 21.3. The fraction of sp³-hybridized carbons (Fsp3) is 0.462. The first-order chi connectivity index (χ1) is 18.3. The first-order valence-electron chi connectivity index (χ1n) is 12.5. The number of allylic oxidation sites excluding steroid dienone is 1. The molecule has 1 aliphatic heterocycles. The summed E-state index contributed by atoms with van der Waals surface area (Å²) in [5.41, 5.74) is 0.917. The molecule has 0 bridgehead atoms. The van der Waals surface area contributed by atoms with Crippen LogP contribution < -0.4 is 11.1 Å². The van der Waals surface area contributed by atoms with Gasteiger partial charge in [0.2, 0.25) is 11.7 Å². The summed E-state index contributed by atoms with van der Waals surface area (Å²) in [6, 6.07) is -0.0401. The molecule has 3 aliphatic carbocycles. The summed E-state index contributed by atoms with van der Waals surface area (Å²) in [6.07, 6.45) is -0.287. The van der Waals surface area contributed by atoms with Crippen molar-refractivity contribution < 1.29 is 44.0 Å². The van der Waals surface area contributed by atoms with E-state index < -0.39 is 75.2 Å². The van der Waals surface area contributed by atoms with Crippen molar-refractivity contribution in [3.8, 4) is 5.75 Å². The van der Waals surface area contributed by atoms with Crippen molar-refractivity contribution in [2.75, 3.05) is 33.7 Å². The van der Waals surface area contributed by atoms with Gasteiger partial charge in [0, 0.05) is 42.3 Å². The van der Waals surface area contributed by atoms with Crippen LogP contribution in [0.2, 0.25) is 0 Å². The second-order valence-electron chi connectivity index (χ2n) is 10.7. The zero-order chi connectivity index (χ0) is 28.5. The fourth-order valence-corrected chi connectivity index (χ4v) is 6.54. The Balaban J connectivity index is 1.61. The Hall–Kier alpha value is -3.81. The van der Waals surface area contributed by atoms with Gasteiger partial charge in [-0.15, -0.1) is 0 Å². The largest absolute Gasteiger partial charge is 0.510 e. The van der Waals surface area contributed by atoms with Crippen molar-refractivity contribution in [3.05, 3.63) is 51.2 Å². The van der Waals surface area contributed by atoms with Crippen molar-refractivity contribution >= 4 is 23.4 Å². The van der Waals surface area contributed by atoms with Crippen LogP contribution in [0.1, 0.15) is 27.9 Å². The lowest BCUT2D eigenvalue weighted by atomic mass is 9.58. The molecule has 0 aromatic heterocycles. The molecule has 1 saturated heterocycles. The average Bonchev–Trinajstić information content (AvgIpc) is 2.84. The van der Waals surface area contributed by atoms with E-state index in [1.807, 2.05) is 0 Å². The summed E-state index contributed by atoms with van der Waals surface area (Å²) in [5, 5.41) is 47.1. The lowest BCUT2D eigenvalue weighted by molar-refractivity contribution is -0.148. The molecule has 208 valence electrons. The first-order valence-corrected chi connectivity index (χ1v) is 12.5. The maximum absolute atomic E-state index is 15.8. The predicted octanol–water partition coefficient (Wildman–Crippen LogP) is -0.808. The van der Waals surface area contributed by atoms with Gasteiger partial charge in [-0.25, -0.2) is 4.39 Å². The highest BCUT2D eigenvalue weighted by atomic mass is 19.1. The summed E-state index contributed by atoms with van der Waals surface area (Å²) >= 11 is 0. The molecule has 39 heavy (non-hydrogen) atoms. The molecule has 4 aliphatic rings. The number of aromatic hydroxyl groups is 1. The molecule has 13 heteroatoms. The van der Waals surface area contributed by atoms with E-state index in [0.29, 0.717) is 13.1 Å². The normalized spacial score (nSPS) is 29.3. The number of rotatable bonds is 4. The van der Waals surface area contributed by atoms with E-state index in [4.69, 9.17) is 5.73 Å². The number of nitrogens with zero attached hydrogens (tertiary/aromatic N) is 2. The third kappa shape index (κ3) is 3.83. The fourth-order valence-electron chi connectivity index (χ4n) is 6.54. The van der Waals surface area contributed by atoms with Crippen LogP contribution >= 0.6 is 0 Å². The molecule has 5 rings (SSSR count). The highest BCUT2D eigenvalue weighted by molar-refractivity contribution is 6.24. The number of likely N-dealkylation sites (N-methyl/N-ethyl adjacent to an activating group) is 1. The Kier molecular flexibility index (Phi) is 6.28. The van der Waals surface area contributed by atoms with E-state index >= 15 is 4.39 Å². The molecule has 1 aromatic carbocycles. The van der Waals surface area contributed by atoms with Crippen LogP contribution in [0.3, 0.4) is 0 Å².